The molecule has 0 unspecified atom stereocenters. The lowest BCUT2D eigenvalue weighted by Crippen LogP contribution is -2.10. The number of benzene rings is 1. The highest BCUT2D eigenvalue weighted by molar-refractivity contribution is 7.15. The van der Waals surface area contributed by atoms with E-state index in [9.17, 15) is 4.79 Å². The molecule has 0 aliphatic rings. The SMILES string of the molecule is Cc1nc(NC(=O)c2ccc(COc3c(Cl)c(Cl)c(Cl)c(Cl)c3Cl)o2)sc1C. The van der Waals surface area contributed by atoms with E-state index in [4.69, 9.17) is 67.2 Å². The molecule has 28 heavy (non-hydrogen) atoms. The third kappa shape index (κ3) is 4.37. The minimum absolute atomic E-state index is 0.0279. The summed E-state index contributed by atoms with van der Waals surface area (Å²) < 4.78 is 11.1. The van der Waals surface area contributed by atoms with Crippen LogP contribution in [0.3, 0.4) is 0 Å². The summed E-state index contributed by atoms with van der Waals surface area (Å²) in [4.78, 5) is 17.6. The molecule has 0 spiro atoms. The lowest BCUT2D eigenvalue weighted by Gasteiger charge is -2.12. The number of amides is 1. The number of hydrogen-bond donors (Lipinski definition) is 1. The summed E-state index contributed by atoms with van der Waals surface area (Å²) in [7, 11) is 0. The molecule has 11 heteroatoms. The first-order valence-electron chi connectivity index (χ1n) is 7.67. The third-order valence-corrected chi connectivity index (χ3v) is 6.89. The first-order valence-corrected chi connectivity index (χ1v) is 10.4. The average molecular weight is 501 g/mol. The van der Waals surface area contributed by atoms with Crippen molar-refractivity contribution in [3.05, 3.63) is 59.3 Å². The molecule has 0 saturated heterocycles. The van der Waals surface area contributed by atoms with Gasteiger partial charge in [0.05, 0.1) is 20.8 Å². The summed E-state index contributed by atoms with van der Waals surface area (Å²) in [6.45, 7) is 3.74. The van der Waals surface area contributed by atoms with Crippen molar-refractivity contribution in [2.24, 2.45) is 0 Å². The zero-order valence-electron chi connectivity index (χ0n) is 14.3. The van der Waals surface area contributed by atoms with Crippen LogP contribution < -0.4 is 10.1 Å². The van der Waals surface area contributed by atoms with Crippen molar-refractivity contribution >= 4 is 80.4 Å². The van der Waals surface area contributed by atoms with Crippen LogP contribution in [0.2, 0.25) is 25.1 Å². The Labute approximate surface area is 189 Å². The molecule has 0 bridgehead atoms. The number of aryl methyl sites for hydroxylation is 2. The minimum atomic E-state index is -0.423. The normalized spacial score (nSPS) is 11.0. The van der Waals surface area contributed by atoms with Crippen molar-refractivity contribution in [2.45, 2.75) is 20.5 Å². The van der Waals surface area contributed by atoms with Gasteiger partial charge in [0.25, 0.3) is 5.91 Å². The first-order chi connectivity index (χ1) is 13.2. The highest BCUT2D eigenvalue weighted by atomic mass is 35.5. The van der Waals surface area contributed by atoms with Gasteiger partial charge in [-0.15, -0.1) is 11.3 Å². The van der Waals surface area contributed by atoms with Gasteiger partial charge in [0.15, 0.2) is 16.6 Å². The number of carbonyl (C=O) groups is 1. The van der Waals surface area contributed by atoms with E-state index in [0.29, 0.717) is 10.9 Å². The van der Waals surface area contributed by atoms with Gasteiger partial charge in [0.2, 0.25) is 0 Å². The summed E-state index contributed by atoms with van der Waals surface area (Å²) >= 11 is 31.6. The maximum atomic E-state index is 12.3. The molecule has 3 aromatic rings. The zero-order valence-corrected chi connectivity index (χ0v) is 18.9. The molecule has 2 heterocycles. The number of hydrogen-bond acceptors (Lipinski definition) is 5. The maximum absolute atomic E-state index is 12.3. The Kier molecular flexibility index (Phi) is 6.69. The van der Waals surface area contributed by atoms with E-state index in [-0.39, 0.29) is 43.2 Å². The van der Waals surface area contributed by atoms with Gasteiger partial charge in [-0.25, -0.2) is 4.98 Å². The van der Waals surface area contributed by atoms with Gasteiger partial charge in [-0.1, -0.05) is 58.0 Å². The number of nitrogens with one attached hydrogen (secondary N) is 1. The molecule has 2 aromatic heterocycles. The molecule has 1 aromatic carbocycles. The van der Waals surface area contributed by atoms with Crippen LogP contribution in [0.4, 0.5) is 5.13 Å². The molecular weight excluding hydrogens is 490 g/mol. The molecule has 0 fully saturated rings. The molecule has 3 rings (SSSR count). The van der Waals surface area contributed by atoms with Crippen LogP contribution in [0, 0.1) is 13.8 Å². The van der Waals surface area contributed by atoms with Crippen molar-refractivity contribution in [3.63, 3.8) is 0 Å². The number of ether oxygens (including phenoxy) is 1. The number of thiazole rings is 1. The molecular formula is C17H11Cl5N2O3S. The van der Waals surface area contributed by atoms with Crippen molar-refractivity contribution < 1.29 is 13.9 Å². The van der Waals surface area contributed by atoms with E-state index in [2.05, 4.69) is 10.3 Å². The lowest BCUT2D eigenvalue weighted by molar-refractivity contribution is 0.0992. The van der Waals surface area contributed by atoms with Gasteiger partial charge in [-0.2, -0.15) is 0 Å². The van der Waals surface area contributed by atoms with Crippen molar-refractivity contribution in [3.8, 4) is 5.75 Å². The summed E-state index contributed by atoms with van der Waals surface area (Å²) in [5.41, 5.74) is 0.864. The van der Waals surface area contributed by atoms with Crippen LogP contribution in [0.25, 0.3) is 0 Å². The quantitative estimate of drug-likeness (QED) is 0.292. The number of nitrogens with zero attached hydrogens (tertiary/aromatic N) is 1. The van der Waals surface area contributed by atoms with Gasteiger partial charge in [0.1, 0.15) is 22.4 Å². The van der Waals surface area contributed by atoms with Gasteiger partial charge < -0.3 is 9.15 Å². The second-order valence-electron chi connectivity index (χ2n) is 5.57. The van der Waals surface area contributed by atoms with Crippen LogP contribution in [-0.2, 0) is 6.61 Å². The van der Waals surface area contributed by atoms with Crippen LogP contribution in [-0.4, -0.2) is 10.9 Å². The lowest BCUT2D eigenvalue weighted by atomic mass is 10.3. The van der Waals surface area contributed by atoms with Crippen molar-refractivity contribution in [2.75, 3.05) is 5.32 Å². The monoisotopic (exact) mass is 498 g/mol. The van der Waals surface area contributed by atoms with E-state index < -0.39 is 5.91 Å². The molecule has 148 valence electrons. The number of aromatic nitrogens is 1. The zero-order chi connectivity index (χ0) is 20.6. The number of carbonyl (C=O) groups excluding carboxylic acids is 1. The Morgan fingerprint density at radius 2 is 1.68 bits per heavy atom. The standard InChI is InChI=1S/C17H11Cl5N2O3S/c1-6-7(2)28-17(23-6)24-16(25)9-4-3-8(27-9)5-26-15-13(21)11(19)10(18)12(20)14(15)22/h3-4H,5H2,1-2H3,(H,23,24,25). The van der Waals surface area contributed by atoms with E-state index in [0.717, 1.165) is 10.6 Å². The number of rotatable bonds is 5. The van der Waals surface area contributed by atoms with Crippen LogP contribution >= 0.6 is 69.3 Å². The Morgan fingerprint density at radius 3 is 2.25 bits per heavy atom. The number of halogens is 5. The van der Waals surface area contributed by atoms with Crippen LogP contribution in [0.5, 0.6) is 5.75 Å². The predicted octanol–water partition coefficient (Wildman–Crippen LogP) is 7.45. The Balaban J connectivity index is 1.71. The van der Waals surface area contributed by atoms with E-state index in [1.807, 2.05) is 13.8 Å². The fourth-order valence-corrected chi connectivity index (χ4v) is 4.16. The second-order valence-corrected chi connectivity index (χ2v) is 8.66. The fourth-order valence-electron chi connectivity index (χ4n) is 2.12. The van der Waals surface area contributed by atoms with Crippen molar-refractivity contribution in [1.82, 2.24) is 4.98 Å². The second kappa shape index (κ2) is 8.69. The topological polar surface area (TPSA) is 64.4 Å². The molecule has 0 aliphatic heterocycles. The summed E-state index contributed by atoms with van der Waals surface area (Å²) in [6, 6.07) is 3.11. The highest BCUT2D eigenvalue weighted by Crippen LogP contribution is 2.48. The maximum Gasteiger partial charge on any atom is 0.293 e. The molecule has 5 nitrogen and oxygen atoms in total. The summed E-state index contributed by atoms with van der Waals surface area (Å²) in [6.07, 6.45) is 0. The molecule has 0 aliphatic carbocycles. The fraction of sp³-hybridized carbons (Fsp3) is 0.176. The minimum Gasteiger partial charge on any atom is -0.482 e. The molecule has 0 radical (unpaired) electrons. The van der Waals surface area contributed by atoms with Gasteiger partial charge in [0, 0.05) is 4.88 Å². The van der Waals surface area contributed by atoms with Crippen molar-refractivity contribution in [1.29, 1.82) is 0 Å². The van der Waals surface area contributed by atoms with Crippen LogP contribution in [0.1, 0.15) is 26.9 Å². The Bertz CT molecular complexity index is 1010. The smallest absolute Gasteiger partial charge is 0.293 e. The van der Waals surface area contributed by atoms with Gasteiger partial charge in [-0.05, 0) is 26.0 Å². The molecule has 0 saturated carbocycles. The van der Waals surface area contributed by atoms with E-state index >= 15 is 0 Å². The number of furan rings is 1. The van der Waals surface area contributed by atoms with E-state index in [1.54, 1.807) is 6.07 Å². The predicted molar refractivity (Wildman–Crippen MR) is 114 cm³/mol. The molecule has 0 atom stereocenters. The summed E-state index contributed by atoms with van der Waals surface area (Å²) in [5, 5.41) is 3.34. The highest BCUT2D eigenvalue weighted by Gasteiger charge is 2.21. The third-order valence-electron chi connectivity index (χ3n) is 3.66. The largest absolute Gasteiger partial charge is 0.482 e. The summed E-state index contributed by atoms with van der Waals surface area (Å²) in [5.74, 6) is 0.118. The van der Waals surface area contributed by atoms with E-state index in [1.165, 1.54) is 17.4 Å². The Hall–Kier alpha value is -1.15. The first kappa shape index (κ1) is 21.6. The molecule has 1 N–H and O–H groups in total. The van der Waals surface area contributed by atoms with Gasteiger partial charge in [-0.3, -0.25) is 10.1 Å². The van der Waals surface area contributed by atoms with Gasteiger partial charge >= 0.3 is 0 Å². The van der Waals surface area contributed by atoms with Crippen LogP contribution in [0.15, 0.2) is 16.5 Å². The molecule has 1 amide bonds. The average Bonchev–Trinajstić information content (AvgIpc) is 3.25. The number of anilines is 1. The Morgan fingerprint density at radius 1 is 1.07 bits per heavy atom.